The predicted molar refractivity (Wildman–Crippen MR) is 54.9 cm³/mol. The molecule has 0 bridgehead atoms. The van der Waals surface area contributed by atoms with E-state index in [9.17, 15) is 4.79 Å². The van der Waals surface area contributed by atoms with Crippen molar-refractivity contribution in [1.29, 1.82) is 0 Å². The van der Waals surface area contributed by atoms with Crippen molar-refractivity contribution in [3.05, 3.63) is 0 Å². The van der Waals surface area contributed by atoms with Gasteiger partial charge in [-0.05, 0) is 11.6 Å². The van der Waals surface area contributed by atoms with Gasteiger partial charge in [0.05, 0.1) is 13.1 Å². The maximum absolute atomic E-state index is 11.5. The van der Waals surface area contributed by atoms with E-state index in [-0.39, 0.29) is 11.9 Å². The standard InChI is InChI=1S/C8H16N6O/c1-3-4-5-6(9)7(15)10-8-11-13-14(2)12-8/h6H,3-5,9H2,1-2H3,(H,10,12,15)/t6-/m0/s1. The first-order valence-corrected chi connectivity index (χ1v) is 4.94. The van der Waals surface area contributed by atoms with Gasteiger partial charge in [0.1, 0.15) is 0 Å². The van der Waals surface area contributed by atoms with Gasteiger partial charge in [-0.3, -0.25) is 10.1 Å². The number of aromatic nitrogens is 4. The molecule has 1 rings (SSSR count). The fourth-order valence-electron chi connectivity index (χ4n) is 1.09. The minimum absolute atomic E-state index is 0.189. The molecule has 3 N–H and O–H groups in total. The molecule has 1 heterocycles. The van der Waals surface area contributed by atoms with Crippen molar-refractivity contribution in [2.24, 2.45) is 12.8 Å². The van der Waals surface area contributed by atoms with E-state index in [4.69, 9.17) is 5.73 Å². The van der Waals surface area contributed by atoms with Gasteiger partial charge in [0.15, 0.2) is 0 Å². The van der Waals surface area contributed by atoms with E-state index in [1.807, 2.05) is 0 Å². The van der Waals surface area contributed by atoms with Crippen LogP contribution < -0.4 is 11.1 Å². The Kier molecular flexibility index (Phi) is 4.17. The number of unbranched alkanes of at least 4 members (excludes halogenated alkanes) is 1. The molecule has 0 fully saturated rings. The summed E-state index contributed by atoms with van der Waals surface area (Å²) in [6.07, 6.45) is 2.62. The third kappa shape index (κ3) is 3.62. The highest BCUT2D eigenvalue weighted by Gasteiger charge is 2.14. The molecular weight excluding hydrogens is 196 g/mol. The molecule has 0 aliphatic heterocycles. The molecule has 1 amide bonds. The molecular formula is C8H16N6O. The average Bonchev–Trinajstić information content (AvgIpc) is 2.60. The van der Waals surface area contributed by atoms with Crippen LogP contribution in [0.4, 0.5) is 5.95 Å². The van der Waals surface area contributed by atoms with Gasteiger partial charge in [0.25, 0.3) is 5.95 Å². The molecule has 15 heavy (non-hydrogen) atoms. The molecule has 1 aromatic rings. The van der Waals surface area contributed by atoms with Gasteiger partial charge in [-0.1, -0.05) is 24.9 Å². The largest absolute Gasteiger partial charge is 0.320 e. The summed E-state index contributed by atoms with van der Waals surface area (Å²) in [4.78, 5) is 12.7. The molecule has 0 saturated heterocycles. The SMILES string of the molecule is CCCC[C@H](N)C(=O)Nc1nnn(C)n1. The zero-order valence-corrected chi connectivity index (χ0v) is 8.97. The summed E-state index contributed by atoms with van der Waals surface area (Å²) in [5.41, 5.74) is 5.66. The van der Waals surface area contributed by atoms with Crippen LogP contribution in [0.15, 0.2) is 0 Å². The van der Waals surface area contributed by atoms with Crippen LogP contribution in [-0.4, -0.2) is 32.2 Å². The lowest BCUT2D eigenvalue weighted by molar-refractivity contribution is -0.117. The number of nitrogens with zero attached hydrogens (tertiary/aromatic N) is 4. The normalized spacial score (nSPS) is 12.5. The second kappa shape index (κ2) is 5.40. The topological polar surface area (TPSA) is 98.7 Å². The average molecular weight is 212 g/mol. The van der Waals surface area contributed by atoms with E-state index in [0.717, 1.165) is 12.8 Å². The summed E-state index contributed by atoms with van der Waals surface area (Å²) >= 11 is 0. The number of rotatable bonds is 5. The highest BCUT2D eigenvalue weighted by atomic mass is 16.2. The zero-order chi connectivity index (χ0) is 11.3. The summed E-state index contributed by atoms with van der Waals surface area (Å²) in [6, 6.07) is -0.506. The van der Waals surface area contributed by atoms with Crippen LogP contribution in [0.3, 0.4) is 0 Å². The highest BCUT2D eigenvalue weighted by molar-refractivity contribution is 5.92. The van der Waals surface area contributed by atoms with Crippen LogP contribution in [0.5, 0.6) is 0 Å². The number of aryl methyl sites for hydroxylation is 1. The van der Waals surface area contributed by atoms with Crippen LogP contribution in [0.1, 0.15) is 26.2 Å². The van der Waals surface area contributed by atoms with Gasteiger partial charge in [0, 0.05) is 0 Å². The minimum atomic E-state index is -0.506. The van der Waals surface area contributed by atoms with E-state index in [2.05, 4.69) is 27.7 Å². The summed E-state index contributed by atoms with van der Waals surface area (Å²) < 4.78 is 0. The Morgan fingerprint density at radius 2 is 2.40 bits per heavy atom. The van der Waals surface area contributed by atoms with Crippen LogP contribution in [0.25, 0.3) is 0 Å². The maximum atomic E-state index is 11.5. The van der Waals surface area contributed by atoms with Crippen LogP contribution in [-0.2, 0) is 11.8 Å². The Morgan fingerprint density at radius 3 is 2.93 bits per heavy atom. The van der Waals surface area contributed by atoms with Crippen molar-refractivity contribution in [2.45, 2.75) is 32.2 Å². The lowest BCUT2D eigenvalue weighted by atomic mass is 10.1. The molecule has 0 radical (unpaired) electrons. The summed E-state index contributed by atoms with van der Waals surface area (Å²) in [5.74, 6) is -0.0779. The van der Waals surface area contributed by atoms with Crippen LogP contribution in [0.2, 0.25) is 0 Å². The number of amides is 1. The Labute approximate surface area is 88.0 Å². The third-order valence-electron chi connectivity index (χ3n) is 1.95. The van der Waals surface area contributed by atoms with Gasteiger partial charge < -0.3 is 5.73 Å². The molecule has 0 aliphatic carbocycles. The van der Waals surface area contributed by atoms with Crippen molar-refractivity contribution in [3.8, 4) is 0 Å². The number of nitrogens with two attached hydrogens (primary N) is 1. The molecule has 1 atom stereocenters. The number of hydrogen-bond acceptors (Lipinski definition) is 5. The van der Waals surface area contributed by atoms with E-state index in [1.54, 1.807) is 7.05 Å². The first-order valence-electron chi connectivity index (χ1n) is 4.94. The molecule has 1 aromatic heterocycles. The third-order valence-corrected chi connectivity index (χ3v) is 1.95. The smallest absolute Gasteiger partial charge is 0.270 e. The van der Waals surface area contributed by atoms with E-state index < -0.39 is 6.04 Å². The van der Waals surface area contributed by atoms with Crippen molar-refractivity contribution < 1.29 is 4.79 Å². The van der Waals surface area contributed by atoms with Gasteiger partial charge >= 0.3 is 0 Å². The molecule has 0 unspecified atom stereocenters. The molecule has 7 heteroatoms. The molecule has 0 aliphatic rings. The Bertz CT molecular complexity index is 323. The van der Waals surface area contributed by atoms with Crippen LogP contribution in [0, 0.1) is 0 Å². The van der Waals surface area contributed by atoms with Crippen molar-refractivity contribution in [2.75, 3.05) is 5.32 Å². The summed E-state index contributed by atoms with van der Waals surface area (Å²) in [5, 5.41) is 13.5. The fraction of sp³-hybridized carbons (Fsp3) is 0.750. The number of tetrazole rings is 1. The summed E-state index contributed by atoms with van der Waals surface area (Å²) in [7, 11) is 1.62. The number of carbonyl (C=O) groups excluding carboxylic acids is 1. The predicted octanol–water partition coefficient (Wildman–Crippen LogP) is -0.334. The van der Waals surface area contributed by atoms with Gasteiger partial charge in [-0.15, -0.1) is 5.10 Å². The van der Waals surface area contributed by atoms with Crippen LogP contribution >= 0.6 is 0 Å². The highest BCUT2D eigenvalue weighted by Crippen LogP contribution is 2.01. The van der Waals surface area contributed by atoms with Gasteiger partial charge in [0.2, 0.25) is 5.91 Å². The van der Waals surface area contributed by atoms with Crippen molar-refractivity contribution in [1.82, 2.24) is 20.2 Å². The second-order valence-electron chi connectivity index (χ2n) is 3.34. The first-order chi connectivity index (χ1) is 7.13. The number of anilines is 1. The number of hydrogen-bond donors (Lipinski definition) is 2. The Morgan fingerprint density at radius 1 is 1.67 bits per heavy atom. The molecule has 0 aromatic carbocycles. The lowest BCUT2D eigenvalue weighted by Crippen LogP contribution is -2.35. The fourth-order valence-corrected chi connectivity index (χ4v) is 1.09. The Hall–Kier alpha value is -1.50. The molecule has 0 spiro atoms. The summed E-state index contributed by atoms with van der Waals surface area (Å²) in [6.45, 7) is 2.05. The van der Waals surface area contributed by atoms with Gasteiger partial charge in [-0.2, -0.15) is 4.80 Å². The Balaban J connectivity index is 2.41. The number of nitrogens with one attached hydrogen (secondary N) is 1. The quantitative estimate of drug-likeness (QED) is 0.696. The first kappa shape index (κ1) is 11.6. The van der Waals surface area contributed by atoms with Crippen molar-refractivity contribution >= 4 is 11.9 Å². The van der Waals surface area contributed by atoms with Gasteiger partial charge in [-0.25, -0.2) is 0 Å². The monoisotopic (exact) mass is 212 g/mol. The van der Waals surface area contributed by atoms with E-state index in [0.29, 0.717) is 6.42 Å². The lowest BCUT2D eigenvalue weighted by Gasteiger charge is -2.08. The van der Waals surface area contributed by atoms with E-state index in [1.165, 1.54) is 4.80 Å². The van der Waals surface area contributed by atoms with E-state index >= 15 is 0 Å². The molecule has 84 valence electrons. The zero-order valence-electron chi connectivity index (χ0n) is 8.97. The maximum Gasteiger partial charge on any atom is 0.270 e. The molecule has 7 nitrogen and oxygen atoms in total. The van der Waals surface area contributed by atoms with Crippen molar-refractivity contribution in [3.63, 3.8) is 0 Å². The second-order valence-corrected chi connectivity index (χ2v) is 3.34. The number of carbonyl (C=O) groups is 1. The minimum Gasteiger partial charge on any atom is -0.320 e. The molecule has 0 saturated carbocycles.